The van der Waals surface area contributed by atoms with E-state index in [1.807, 2.05) is 0 Å². The number of piperidine rings is 1. The molecule has 0 radical (unpaired) electrons. The van der Waals surface area contributed by atoms with Gasteiger partial charge in [-0.2, -0.15) is 41.4 Å². The fourth-order valence-electron chi connectivity index (χ4n) is 3.62. The van der Waals surface area contributed by atoms with Gasteiger partial charge in [0, 0.05) is 24.2 Å². The number of halogens is 6. The van der Waals surface area contributed by atoms with Crippen molar-refractivity contribution in [2.45, 2.75) is 44.7 Å². The molecule has 4 rings (SSSR count). The maximum absolute atomic E-state index is 12.8. The van der Waals surface area contributed by atoms with E-state index >= 15 is 0 Å². The predicted octanol–water partition coefficient (Wildman–Crippen LogP) is 4.13. The van der Waals surface area contributed by atoms with Crippen LogP contribution in [0.25, 0.3) is 0 Å². The molecule has 4 heterocycles. The minimum absolute atomic E-state index is 0.0748. The highest BCUT2D eigenvalue weighted by atomic mass is 32.1. The molecule has 1 fully saturated rings. The lowest BCUT2D eigenvalue weighted by atomic mass is 10.1. The molecule has 0 amide bonds. The van der Waals surface area contributed by atoms with Crippen molar-refractivity contribution in [3.05, 3.63) is 56.2 Å². The Morgan fingerprint density at radius 1 is 1.06 bits per heavy atom. The Morgan fingerprint density at radius 3 is 2.30 bits per heavy atom. The van der Waals surface area contributed by atoms with Crippen molar-refractivity contribution in [3.8, 4) is 0 Å². The van der Waals surface area contributed by atoms with E-state index in [0.717, 1.165) is 18.5 Å². The summed E-state index contributed by atoms with van der Waals surface area (Å²) >= 11 is 0.556. The van der Waals surface area contributed by atoms with Crippen LogP contribution in [0.5, 0.6) is 0 Å². The quantitative estimate of drug-likeness (QED) is 0.513. The van der Waals surface area contributed by atoms with Gasteiger partial charge in [-0.1, -0.05) is 0 Å². The zero-order chi connectivity index (χ0) is 24.0. The first-order valence-electron chi connectivity index (χ1n) is 9.89. The average Bonchev–Trinajstić information content (AvgIpc) is 3.40. The van der Waals surface area contributed by atoms with Crippen LogP contribution in [0.3, 0.4) is 0 Å². The van der Waals surface area contributed by atoms with Gasteiger partial charge in [-0.3, -0.25) is 9.25 Å². The summed E-state index contributed by atoms with van der Waals surface area (Å²) in [7, 11) is 0. The molecule has 0 aliphatic carbocycles. The second kappa shape index (κ2) is 8.47. The molecule has 0 bridgehead atoms. The third-order valence-electron chi connectivity index (χ3n) is 5.38. The molecule has 14 heteroatoms. The van der Waals surface area contributed by atoms with Crippen LogP contribution >= 0.6 is 11.3 Å². The highest BCUT2D eigenvalue weighted by molar-refractivity contribution is 7.12. The molecule has 7 nitrogen and oxygen atoms in total. The van der Waals surface area contributed by atoms with Gasteiger partial charge in [0.15, 0.2) is 0 Å². The summed E-state index contributed by atoms with van der Waals surface area (Å²) in [6.07, 6.45) is -6.15. The van der Waals surface area contributed by atoms with Gasteiger partial charge in [0.05, 0.1) is 24.3 Å². The van der Waals surface area contributed by atoms with E-state index in [0.29, 0.717) is 48.0 Å². The summed E-state index contributed by atoms with van der Waals surface area (Å²) in [6, 6.07) is 2.06. The number of hydrogen-bond donors (Lipinski definition) is 0. The number of rotatable bonds is 4. The number of anilines is 1. The van der Waals surface area contributed by atoms with Gasteiger partial charge < -0.3 is 4.90 Å². The number of thiophene rings is 1. The zero-order valence-corrected chi connectivity index (χ0v) is 18.0. The van der Waals surface area contributed by atoms with Crippen LogP contribution in [0.15, 0.2) is 29.3 Å². The molecule has 0 spiro atoms. The Balaban J connectivity index is 1.44. The largest absolute Gasteiger partial charge is 0.425 e. The van der Waals surface area contributed by atoms with Gasteiger partial charge >= 0.3 is 18.0 Å². The van der Waals surface area contributed by atoms with E-state index in [9.17, 15) is 31.1 Å². The molecule has 1 aliphatic rings. The maximum Gasteiger partial charge on any atom is 0.425 e. The highest BCUT2D eigenvalue weighted by Gasteiger charge is 2.34. The van der Waals surface area contributed by atoms with Crippen LogP contribution in [0, 0.1) is 6.92 Å². The average molecular weight is 492 g/mol. The van der Waals surface area contributed by atoms with Crippen molar-refractivity contribution in [1.82, 2.24) is 24.3 Å². The van der Waals surface area contributed by atoms with Crippen LogP contribution < -0.4 is 10.6 Å². The Bertz CT molecular complexity index is 1190. The Kier molecular flexibility index (Phi) is 5.97. The molecule has 3 aromatic rings. The van der Waals surface area contributed by atoms with Crippen molar-refractivity contribution >= 4 is 17.3 Å². The maximum atomic E-state index is 12.8. The fraction of sp³-hybridized carbons (Fsp3) is 0.474. The molecule has 0 atom stereocenters. The van der Waals surface area contributed by atoms with Gasteiger partial charge in [0.1, 0.15) is 10.7 Å². The lowest BCUT2D eigenvalue weighted by Crippen LogP contribution is -2.38. The number of aryl methyl sites for hydroxylation is 1. The number of aromatic nitrogens is 5. The molecule has 0 saturated carbocycles. The molecule has 1 saturated heterocycles. The second-order valence-electron chi connectivity index (χ2n) is 7.63. The van der Waals surface area contributed by atoms with E-state index in [4.69, 9.17) is 0 Å². The normalized spacial score (nSPS) is 15.9. The van der Waals surface area contributed by atoms with Crippen LogP contribution in [0.1, 0.15) is 40.0 Å². The van der Waals surface area contributed by atoms with E-state index in [2.05, 4.69) is 15.1 Å². The lowest BCUT2D eigenvalue weighted by Gasteiger charge is -2.32. The monoisotopic (exact) mass is 492 g/mol. The van der Waals surface area contributed by atoms with E-state index < -0.39 is 28.5 Å². The SMILES string of the molecule is Cc1nc(N2CCC(n3cc(C(F)(F)F)cn3)CC2)nc(=O)n1Cc1ccc(C(F)(F)F)s1. The molecular formula is C19H18F6N6OS. The molecule has 3 aromatic heterocycles. The number of alkyl halides is 6. The standard InChI is InChI=1S/C19H18F6N6OS/c1-11-27-16(28-17(32)30(11)10-14-2-3-15(33-14)19(23,24)25)29-6-4-13(5-7-29)31-9-12(8-26-31)18(20,21)22/h2-3,8-9,13H,4-7,10H2,1H3. The van der Waals surface area contributed by atoms with Crippen molar-refractivity contribution in [3.63, 3.8) is 0 Å². The first kappa shape index (κ1) is 23.3. The first-order valence-corrected chi connectivity index (χ1v) is 10.7. The summed E-state index contributed by atoms with van der Waals surface area (Å²) in [5.74, 6) is 0.488. The Morgan fingerprint density at radius 2 is 1.76 bits per heavy atom. The smallest absolute Gasteiger partial charge is 0.340 e. The third-order valence-corrected chi connectivity index (χ3v) is 6.50. The minimum Gasteiger partial charge on any atom is -0.340 e. The molecule has 0 unspecified atom stereocenters. The molecule has 0 N–H and O–H groups in total. The number of hydrogen-bond acceptors (Lipinski definition) is 6. The molecule has 0 aromatic carbocycles. The Hall–Kier alpha value is -2.90. The third kappa shape index (κ3) is 5.04. The summed E-state index contributed by atoms with van der Waals surface area (Å²) in [5.41, 5.74) is -1.44. The summed E-state index contributed by atoms with van der Waals surface area (Å²) < 4.78 is 79.3. The van der Waals surface area contributed by atoms with Gasteiger partial charge in [0.2, 0.25) is 5.95 Å². The highest BCUT2D eigenvalue weighted by Crippen LogP contribution is 2.35. The molecule has 178 valence electrons. The van der Waals surface area contributed by atoms with Gasteiger partial charge in [-0.15, -0.1) is 11.3 Å². The number of nitrogens with zero attached hydrogens (tertiary/aromatic N) is 6. The van der Waals surface area contributed by atoms with Crippen molar-refractivity contribution in [2.24, 2.45) is 0 Å². The van der Waals surface area contributed by atoms with E-state index in [-0.39, 0.29) is 18.5 Å². The van der Waals surface area contributed by atoms with Gasteiger partial charge in [-0.25, -0.2) is 4.79 Å². The van der Waals surface area contributed by atoms with Crippen molar-refractivity contribution < 1.29 is 26.3 Å². The summed E-state index contributed by atoms with van der Waals surface area (Å²) in [6.45, 7) is 2.32. The van der Waals surface area contributed by atoms with Gasteiger partial charge in [0.25, 0.3) is 0 Å². The second-order valence-corrected chi connectivity index (χ2v) is 8.80. The Labute approximate surface area is 187 Å². The first-order chi connectivity index (χ1) is 15.4. The summed E-state index contributed by atoms with van der Waals surface area (Å²) in [4.78, 5) is 22.2. The van der Waals surface area contributed by atoms with E-state index in [1.165, 1.54) is 15.3 Å². The summed E-state index contributed by atoms with van der Waals surface area (Å²) in [5, 5.41) is 3.82. The van der Waals surface area contributed by atoms with Crippen molar-refractivity contribution in [1.29, 1.82) is 0 Å². The predicted molar refractivity (Wildman–Crippen MR) is 107 cm³/mol. The molecular weight excluding hydrogens is 474 g/mol. The fourth-order valence-corrected chi connectivity index (χ4v) is 4.49. The van der Waals surface area contributed by atoms with Crippen LogP contribution in [0.2, 0.25) is 0 Å². The van der Waals surface area contributed by atoms with Crippen molar-refractivity contribution in [2.75, 3.05) is 18.0 Å². The lowest BCUT2D eigenvalue weighted by molar-refractivity contribution is -0.137. The zero-order valence-electron chi connectivity index (χ0n) is 17.2. The van der Waals surface area contributed by atoms with Crippen LogP contribution in [0.4, 0.5) is 32.3 Å². The van der Waals surface area contributed by atoms with Crippen LogP contribution in [-0.2, 0) is 18.9 Å². The van der Waals surface area contributed by atoms with Gasteiger partial charge in [-0.05, 0) is 31.9 Å². The van der Waals surface area contributed by atoms with E-state index in [1.54, 1.807) is 11.8 Å². The van der Waals surface area contributed by atoms with Crippen LogP contribution in [-0.4, -0.2) is 37.4 Å². The molecule has 33 heavy (non-hydrogen) atoms. The molecule has 1 aliphatic heterocycles. The topological polar surface area (TPSA) is 68.8 Å². The minimum atomic E-state index is -4.45.